The lowest BCUT2D eigenvalue weighted by Crippen LogP contribution is -2.40. The second-order valence-corrected chi connectivity index (χ2v) is 4.90. The highest BCUT2D eigenvalue weighted by molar-refractivity contribution is 6.07. The lowest BCUT2D eigenvalue weighted by atomic mass is 10.1. The van der Waals surface area contributed by atoms with Gasteiger partial charge >= 0.3 is 5.97 Å². The molecule has 0 unspecified atom stereocenters. The summed E-state index contributed by atoms with van der Waals surface area (Å²) in [6.07, 6.45) is 4.45. The highest BCUT2D eigenvalue weighted by Gasteiger charge is 2.34. The first kappa shape index (κ1) is 12.6. The van der Waals surface area contributed by atoms with Crippen molar-refractivity contribution < 1.29 is 14.7 Å². The van der Waals surface area contributed by atoms with Crippen LogP contribution in [0.1, 0.15) is 23.2 Å². The van der Waals surface area contributed by atoms with Gasteiger partial charge in [-0.3, -0.25) is 9.78 Å². The smallest absolute Gasteiger partial charge is 0.326 e. The molecule has 1 saturated heterocycles. The van der Waals surface area contributed by atoms with E-state index in [0.717, 1.165) is 17.2 Å². The number of carbonyl (C=O) groups excluding carboxylic acids is 1. The minimum absolute atomic E-state index is 0.251. The van der Waals surface area contributed by atoms with Crippen LogP contribution in [0.25, 0.3) is 10.8 Å². The van der Waals surface area contributed by atoms with Gasteiger partial charge in [0, 0.05) is 24.3 Å². The summed E-state index contributed by atoms with van der Waals surface area (Å²) in [5, 5.41) is 10.9. The molecule has 1 N–H and O–H groups in total. The number of carbonyl (C=O) groups is 2. The first-order valence-electron chi connectivity index (χ1n) is 6.55. The monoisotopic (exact) mass is 270 g/mol. The number of aromatic nitrogens is 1. The van der Waals surface area contributed by atoms with E-state index >= 15 is 0 Å². The summed E-state index contributed by atoms with van der Waals surface area (Å²) < 4.78 is 0. The summed E-state index contributed by atoms with van der Waals surface area (Å²) in [6, 6.07) is 6.77. The minimum atomic E-state index is -0.941. The molecule has 0 bridgehead atoms. The molecule has 2 aromatic rings. The average Bonchev–Trinajstić information content (AvgIpc) is 2.95. The van der Waals surface area contributed by atoms with E-state index < -0.39 is 12.0 Å². The van der Waals surface area contributed by atoms with Crippen molar-refractivity contribution in [3.8, 4) is 0 Å². The average molecular weight is 270 g/mol. The number of amides is 1. The van der Waals surface area contributed by atoms with Crippen molar-refractivity contribution in [2.75, 3.05) is 6.54 Å². The van der Waals surface area contributed by atoms with Crippen molar-refractivity contribution in [1.29, 1.82) is 0 Å². The van der Waals surface area contributed by atoms with Gasteiger partial charge in [-0.2, -0.15) is 0 Å². The quantitative estimate of drug-likeness (QED) is 0.905. The second-order valence-electron chi connectivity index (χ2n) is 4.90. The fourth-order valence-electron chi connectivity index (χ4n) is 2.71. The number of pyridine rings is 1. The van der Waals surface area contributed by atoms with Crippen LogP contribution in [0.5, 0.6) is 0 Å². The van der Waals surface area contributed by atoms with Gasteiger partial charge in [0.1, 0.15) is 6.04 Å². The van der Waals surface area contributed by atoms with Crippen molar-refractivity contribution in [3.63, 3.8) is 0 Å². The molecule has 3 rings (SSSR count). The van der Waals surface area contributed by atoms with Crippen LogP contribution in [0.4, 0.5) is 0 Å². The van der Waals surface area contributed by atoms with Crippen LogP contribution in [-0.4, -0.2) is 39.5 Å². The van der Waals surface area contributed by atoms with Gasteiger partial charge in [-0.15, -0.1) is 0 Å². The van der Waals surface area contributed by atoms with E-state index in [1.165, 1.54) is 11.1 Å². The zero-order valence-electron chi connectivity index (χ0n) is 10.8. The second kappa shape index (κ2) is 4.92. The fraction of sp³-hybridized carbons (Fsp3) is 0.267. The van der Waals surface area contributed by atoms with Gasteiger partial charge in [-0.25, -0.2) is 4.79 Å². The van der Waals surface area contributed by atoms with E-state index in [4.69, 9.17) is 0 Å². The van der Waals surface area contributed by atoms with Gasteiger partial charge < -0.3 is 10.0 Å². The number of hydrogen-bond donors (Lipinski definition) is 1. The zero-order valence-corrected chi connectivity index (χ0v) is 10.8. The van der Waals surface area contributed by atoms with Gasteiger partial charge in [-0.1, -0.05) is 24.3 Å². The largest absolute Gasteiger partial charge is 0.480 e. The maximum Gasteiger partial charge on any atom is 0.326 e. The molecule has 1 aliphatic heterocycles. The Morgan fingerprint density at radius 1 is 1.25 bits per heavy atom. The van der Waals surface area contributed by atoms with Crippen molar-refractivity contribution in [2.24, 2.45) is 0 Å². The lowest BCUT2D eigenvalue weighted by Gasteiger charge is -2.21. The predicted molar refractivity (Wildman–Crippen MR) is 73.4 cm³/mol. The number of hydrogen-bond acceptors (Lipinski definition) is 3. The Hall–Kier alpha value is -2.43. The van der Waals surface area contributed by atoms with E-state index in [0.29, 0.717) is 18.5 Å². The molecule has 20 heavy (non-hydrogen) atoms. The normalized spacial score (nSPS) is 18.4. The van der Waals surface area contributed by atoms with E-state index in [2.05, 4.69) is 4.98 Å². The Balaban J connectivity index is 2.03. The first-order valence-corrected chi connectivity index (χ1v) is 6.55. The van der Waals surface area contributed by atoms with Gasteiger partial charge in [0.2, 0.25) is 0 Å². The third-order valence-electron chi connectivity index (χ3n) is 3.70. The molecule has 5 nitrogen and oxygen atoms in total. The number of nitrogens with zero attached hydrogens (tertiary/aromatic N) is 2. The van der Waals surface area contributed by atoms with E-state index in [-0.39, 0.29) is 5.91 Å². The molecular weight excluding hydrogens is 256 g/mol. The summed E-state index contributed by atoms with van der Waals surface area (Å²) in [7, 11) is 0. The standard InChI is InChI=1S/C15H14N2O3/c18-14(17-7-3-6-13(17)15(19)20)12-9-16-8-10-4-1-2-5-11(10)12/h1-2,4-5,8-9,13H,3,6-7H2,(H,19,20)/t13-/m1/s1. The predicted octanol–water partition coefficient (Wildman–Crippen LogP) is 1.92. The molecule has 0 aliphatic carbocycles. The molecule has 0 radical (unpaired) electrons. The summed E-state index contributed by atoms with van der Waals surface area (Å²) in [5.74, 6) is -1.19. The number of rotatable bonds is 2. The number of benzene rings is 1. The van der Waals surface area contributed by atoms with E-state index in [9.17, 15) is 14.7 Å². The molecule has 102 valence electrons. The lowest BCUT2D eigenvalue weighted by molar-refractivity contribution is -0.141. The first-order chi connectivity index (χ1) is 9.68. The van der Waals surface area contributed by atoms with Crippen LogP contribution in [-0.2, 0) is 4.79 Å². The van der Waals surface area contributed by atoms with Crippen molar-refractivity contribution >= 4 is 22.6 Å². The van der Waals surface area contributed by atoms with Gasteiger partial charge in [0.25, 0.3) is 5.91 Å². The molecule has 1 fully saturated rings. The van der Waals surface area contributed by atoms with Crippen LogP contribution in [0.3, 0.4) is 0 Å². The van der Waals surface area contributed by atoms with Crippen LogP contribution >= 0.6 is 0 Å². The highest BCUT2D eigenvalue weighted by atomic mass is 16.4. The number of fused-ring (bicyclic) bond motifs is 1. The molecule has 2 heterocycles. The molecule has 1 aromatic heterocycles. The van der Waals surface area contributed by atoms with Gasteiger partial charge in [0.05, 0.1) is 5.56 Å². The summed E-state index contributed by atoms with van der Waals surface area (Å²) in [6.45, 7) is 0.485. The van der Waals surface area contributed by atoms with Crippen LogP contribution in [0.15, 0.2) is 36.7 Å². The molecule has 1 amide bonds. The number of likely N-dealkylation sites (tertiary alicyclic amines) is 1. The zero-order chi connectivity index (χ0) is 14.1. The van der Waals surface area contributed by atoms with Crippen molar-refractivity contribution in [2.45, 2.75) is 18.9 Å². The minimum Gasteiger partial charge on any atom is -0.480 e. The molecule has 1 aliphatic rings. The molecule has 5 heteroatoms. The number of carboxylic acids is 1. The Morgan fingerprint density at radius 3 is 2.85 bits per heavy atom. The Labute approximate surface area is 115 Å². The Kier molecular flexibility index (Phi) is 3.10. The van der Waals surface area contributed by atoms with Crippen molar-refractivity contribution in [1.82, 2.24) is 9.88 Å². The third-order valence-corrected chi connectivity index (χ3v) is 3.70. The van der Waals surface area contributed by atoms with Crippen LogP contribution in [0, 0.1) is 0 Å². The van der Waals surface area contributed by atoms with Gasteiger partial charge in [-0.05, 0) is 18.2 Å². The molecular formula is C15H14N2O3. The van der Waals surface area contributed by atoms with E-state index in [1.807, 2.05) is 24.3 Å². The summed E-state index contributed by atoms with van der Waals surface area (Å²) >= 11 is 0. The third kappa shape index (κ3) is 2.01. The topological polar surface area (TPSA) is 70.5 Å². The Morgan fingerprint density at radius 2 is 2.05 bits per heavy atom. The van der Waals surface area contributed by atoms with Crippen LogP contribution in [0.2, 0.25) is 0 Å². The molecule has 0 saturated carbocycles. The molecule has 0 spiro atoms. The highest BCUT2D eigenvalue weighted by Crippen LogP contribution is 2.24. The summed E-state index contributed by atoms with van der Waals surface area (Å²) in [4.78, 5) is 29.3. The van der Waals surface area contributed by atoms with Crippen LogP contribution < -0.4 is 0 Å². The van der Waals surface area contributed by atoms with E-state index in [1.54, 1.807) is 6.20 Å². The number of carboxylic acid groups (broad SMARTS) is 1. The Bertz CT molecular complexity index is 678. The molecule has 1 atom stereocenters. The molecule has 1 aromatic carbocycles. The SMILES string of the molecule is O=C(O)[C@H]1CCCN1C(=O)c1cncc2ccccc12. The van der Waals surface area contributed by atoms with Gasteiger partial charge in [0.15, 0.2) is 0 Å². The maximum atomic E-state index is 12.6. The van der Waals surface area contributed by atoms with Crippen molar-refractivity contribution in [3.05, 3.63) is 42.2 Å². The summed E-state index contributed by atoms with van der Waals surface area (Å²) in [5.41, 5.74) is 0.469. The fourth-order valence-corrected chi connectivity index (χ4v) is 2.71. The maximum absolute atomic E-state index is 12.6. The number of aliphatic carboxylic acids is 1.